The van der Waals surface area contributed by atoms with Crippen molar-refractivity contribution in [3.63, 3.8) is 0 Å². The molecule has 0 unspecified atom stereocenters. The number of phenolic OH excluding ortho intramolecular Hbond substituents is 4. The van der Waals surface area contributed by atoms with Crippen molar-refractivity contribution in [3.05, 3.63) is 117 Å². The first-order chi connectivity index (χ1) is 32.0. The van der Waals surface area contributed by atoms with Gasteiger partial charge in [-0.1, -0.05) is 122 Å². The number of Topliss-reactive ketones (excluding diaryl/α,β-unsaturated/α-hetero) is 1. The SMILES string of the molecule is CC(C)c1cccc(C(=O)C2CC2)c1O.CC(C)c1cccc(C(C2CC2)C2CC2)c1O.CC(C)c1cccc(C(C2CC2)C2CC2)c1O.CC(C)c1cccc(C(O)(C2CC2)C2CC2)c1O. The fourth-order valence-corrected chi connectivity index (χ4v) is 11.2. The second-order valence-electron chi connectivity index (χ2n) is 23.1. The van der Waals surface area contributed by atoms with Crippen molar-refractivity contribution in [1.29, 1.82) is 0 Å². The van der Waals surface area contributed by atoms with Gasteiger partial charge in [0.1, 0.15) is 23.0 Å². The third-order valence-corrected chi connectivity index (χ3v) is 16.1. The van der Waals surface area contributed by atoms with E-state index in [1.54, 1.807) is 6.07 Å². The van der Waals surface area contributed by atoms with Crippen LogP contribution in [0.3, 0.4) is 0 Å². The number of carbonyl (C=O) groups is 1. The quantitative estimate of drug-likeness (QED) is 0.0758. The molecule has 11 rings (SSSR count). The molecule has 5 N–H and O–H groups in total. The van der Waals surface area contributed by atoms with Crippen LogP contribution in [0.2, 0.25) is 0 Å². The smallest absolute Gasteiger partial charge is 0.169 e. The van der Waals surface area contributed by atoms with Gasteiger partial charge in [0.15, 0.2) is 5.78 Å². The van der Waals surface area contributed by atoms with Crippen LogP contribution in [-0.4, -0.2) is 31.3 Å². The van der Waals surface area contributed by atoms with Crippen molar-refractivity contribution in [2.75, 3.05) is 0 Å². The highest BCUT2D eigenvalue weighted by Crippen LogP contribution is 2.60. The molecule has 0 bridgehead atoms. The van der Waals surface area contributed by atoms with Crippen LogP contribution in [0.25, 0.3) is 0 Å². The molecule has 0 aromatic heterocycles. The number of hydrogen-bond acceptors (Lipinski definition) is 6. The fourth-order valence-electron chi connectivity index (χ4n) is 11.2. The van der Waals surface area contributed by atoms with E-state index in [2.05, 4.69) is 77.9 Å². The van der Waals surface area contributed by atoms with E-state index < -0.39 is 5.60 Å². The third kappa shape index (κ3) is 11.4. The second kappa shape index (κ2) is 20.4. The first-order valence-corrected chi connectivity index (χ1v) is 26.6. The maximum atomic E-state index is 11.8. The zero-order valence-electron chi connectivity index (χ0n) is 42.0. The van der Waals surface area contributed by atoms with Gasteiger partial charge in [-0.25, -0.2) is 0 Å². The van der Waals surface area contributed by atoms with Crippen LogP contribution >= 0.6 is 0 Å². The molecule has 7 aliphatic carbocycles. The van der Waals surface area contributed by atoms with Gasteiger partial charge in [0.2, 0.25) is 0 Å². The topological polar surface area (TPSA) is 118 Å². The van der Waals surface area contributed by atoms with E-state index in [4.69, 9.17) is 0 Å². The van der Waals surface area contributed by atoms with Gasteiger partial charge in [-0.05, 0) is 200 Å². The van der Waals surface area contributed by atoms with Gasteiger partial charge in [-0.15, -0.1) is 0 Å². The largest absolute Gasteiger partial charge is 0.507 e. The minimum atomic E-state index is -0.769. The summed E-state index contributed by atoms with van der Waals surface area (Å²) >= 11 is 0. The fraction of sp³-hybridized carbons (Fsp3) is 0.590. The lowest BCUT2D eigenvalue weighted by Gasteiger charge is -2.30. The number of carbonyl (C=O) groups excluding carboxylic acids is 1. The Morgan fingerprint density at radius 1 is 0.418 bits per heavy atom. The van der Waals surface area contributed by atoms with E-state index in [0.717, 1.165) is 90.0 Å². The van der Waals surface area contributed by atoms with Crippen LogP contribution in [0.1, 0.15) is 230 Å². The number of benzene rings is 4. The number of hydrogen-bond donors (Lipinski definition) is 5. The lowest BCUT2D eigenvalue weighted by Crippen LogP contribution is -2.31. The molecule has 0 radical (unpaired) electrons. The maximum Gasteiger partial charge on any atom is 0.169 e. The summed E-state index contributed by atoms with van der Waals surface area (Å²) in [7, 11) is 0. The molecule has 362 valence electrons. The highest BCUT2D eigenvalue weighted by molar-refractivity contribution is 6.01. The Labute approximate surface area is 402 Å². The molecule has 0 aliphatic heterocycles. The first-order valence-electron chi connectivity index (χ1n) is 26.6. The molecule has 0 amide bonds. The maximum absolute atomic E-state index is 11.8. The van der Waals surface area contributed by atoms with Crippen LogP contribution in [0.15, 0.2) is 72.8 Å². The lowest BCUT2D eigenvalue weighted by molar-refractivity contribution is -0.0122. The van der Waals surface area contributed by atoms with Crippen LogP contribution in [0.4, 0.5) is 0 Å². The molecule has 0 saturated heterocycles. The van der Waals surface area contributed by atoms with Crippen LogP contribution in [0.5, 0.6) is 23.0 Å². The lowest BCUT2D eigenvalue weighted by atomic mass is 9.81. The predicted molar refractivity (Wildman–Crippen MR) is 272 cm³/mol. The monoisotopic (exact) mass is 911 g/mol. The number of aliphatic hydroxyl groups is 1. The van der Waals surface area contributed by atoms with Gasteiger partial charge in [-0.2, -0.15) is 0 Å². The molecule has 0 spiro atoms. The zero-order valence-corrected chi connectivity index (χ0v) is 42.0. The minimum Gasteiger partial charge on any atom is -0.507 e. The van der Waals surface area contributed by atoms with E-state index in [9.17, 15) is 30.3 Å². The van der Waals surface area contributed by atoms with Crippen molar-refractivity contribution < 1.29 is 30.3 Å². The number of aromatic hydroxyl groups is 4. The van der Waals surface area contributed by atoms with E-state index >= 15 is 0 Å². The molecule has 0 atom stereocenters. The summed E-state index contributed by atoms with van der Waals surface area (Å²) in [5.41, 5.74) is 7.04. The Morgan fingerprint density at radius 2 is 0.731 bits per heavy atom. The van der Waals surface area contributed by atoms with E-state index in [1.165, 1.54) is 62.5 Å². The van der Waals surface area contributed by atoms with Crippen LogP contribution < -0.4 is 0 Å². The van der Waals surface area contributed by atoms with Gasteiger partial charge < -0.3 is 25.5 Å². The van der Waals surface area contributed by atoms with Crippen LogP contribution in [0, 0.1) is 41.4 Å². The molecule has 6 heteroatoms. The van der Waals surface area contributed by atoms with Gasteiger partial charge >= 0.3 is 0 Å². The summed E-state index contributed by atoms with van der Waals surface area (Å²) in [5, 5.41) is 52.5. The Kier molecular flexibility index (Phi) is 14.9. The number of rotatable bonds is 15. The van der Waals surface area contributed by atoms with Gasteiger partial charge in [0.05, 0.1) is 11.2 Å². The number of phenols is 4. The zero-order chi connectivity index (χ0) is 47.9. The molecule has 6 nitrogen and oxygen atoms in total. The summed E-state index contributed by atoms with van der Waals surface area (Å²) in [6, 6.07) is 24.0. The molecule has 0 heterocycles. The van der Waals surface area contributed by atoms with Crippen molar-refractivity contribution >= 4 is 5.78 Å². The second-order valence-corrected chi connectivity index (χ2v) is 23.1. The summed E-state index contributed by atoms with van der Waals surface area (Å²) in [5.74, 6) is 8.76. The molecule has 7 saturated carbocycles. The van der Waals surface area contributed by atoms with Gasteiger partial charge in [-0.3, -0.25) is 4.79 Å². The molecule has 67 heavy (non-hydrogen) atoms. The van der Waals surface area contributed by atoms with Crippen molar-refractivity contribution in [1.82, 2.24) is 0 Å². The Bertz CT molecular complexity index is 2210. The average Bonchev–Trinajstić information content (AvgIpc) is 4.11. The Balaban J connectivity index is 0.000000121. The molecule has 7 fully saturated rings. The highest BCUT2D eigenvalue weighted by atomic mass is 16.3. The van der Waals surface area contributed by atoms with E-state index in [1.807, 2.05) is 44.2 Å². The highest BCUT2D eigenvalue weighted by Gasteiger charge is 2.55. The average molecular weight is 911 g/mol. The minimum absolute atomic E-state index is 0.106. The number of para-hydroxylation sites is 4. The normalized spacial score (nSPS) is 19.3. The number of ketones is 1. The molecule has 4 aromatic rings. The summed E-state index contributed by atoms with van der Waals surface area (Å²) < 4.78 is 0. The standard InChI is InChI=1S/C16H22O2.2C16H22O.C13H16O2/c1-10(2)13-4-3-5-14(15(13)17)16(18,11-6-7-11)12-8-9-12;2*1-10(2)13-4-3-5-14(16(13)17)15(11-6-7-11)12-8-9-12;1-8(2)10-4-3-5-11(13(10)15)12(14)9-6-7-9/h3-5,10-12,17-18H,6-9H2,1-2H3;2*3-5,10-12,15,17H,6-9H2,1-2H3;3-5,8-9,15H,6-7H2,1-2H3. The van der Waals surface area contributed by atoms with Gasteiger partial charge in [0, 0.05) is 11.5 Å². The van der Waals surface area contributed by atoms with Gasteiger partial charge in [0.25, 0.3) is 0 Å². The third-order valence-electron chi connectivity index (χ3n) is 16.1. The predicted octanol–water partition coefficient (Wildman–Crippen LogP) is 15.5. The van der Waals surface area contributed by atoms with Crippen LogP contribution in [-0.2, 0) is 5.60 Å². The van der Waals surface area contributed by atoms with E-state index in [0.29, 0.717) is 58.3 Å². The van der Waals surface area contributed by atoms with Crippen molar-refractivity contribution in [3.8, 4) is 23.0 Å². The molecular formula is C61H82O6. The molecule has 7 aliphatic rings. The van der Waals surface area contributed by atoms with Crippen molar-refractivity contribution in [2.24, 2.45) is 41.4 Å². The van der Waals surface area contributed by atoms with E-state index in [-0.39, 0.29) is 29.3 Å². The Hall–Kier alpha value is -4.29. The first kappa shape index (κ1) is 49.1. The molecule has 4 aromatic carbocycles. The Morgan fingerprint density at radius 3 is 1.06 bits per heavy atom. The summed E-state index contributed by atoms with van der Waals surface area (Å²) in [6.45, 7) is 16.8. The summed E-state index contributed by atoms with van der Waals surface area (Å²) in [4.78, 5) is 11.8. The van der Waals surface area contributed by atoms with Crippen molar-refractivity contribution in [2.45, 2.75) is 186 Å². The summed E-state index contributed by atoms with van der Waals surface area (Å²) in [6.07, 6.45) is 17.3. The molecular weight excluding hydrogens is 829 g/mol.